The lowest BCUT2D eigenvalue weighted by Crippen LogP contribution is -1.86. The maximum atomic E-state index is 11.4. The molecule has 15 heavy (non-hydrogen) atoms. The van der Waals surface area contributed by atoms with E-state index in [9.17, 15) is 4.79 Å². The summed E-state index contributed by atoms with van der Waals surface area (Å²) in [5, 5.41) is 1.06. The molecule has 0 bridgehead atoms. The van der Waals surface area contributed by atoms with Crippen LogP contribution in [0.1, 0.15) is 9.67 Å². The number of ether oxygens (including phenoxy) is 1. The van der Waals surface area contributed by atoms with Crippen LogP contribution in [0.15, 0.2) is 36.9 Å². The van der Waals surface area contributed by atoms with E-state index in [1.807, 2.05) is 24.3 Å². The third-order valence-electron chi connectivity index (χ3n) is 2.16. The molecule has 0 fully saturated rings. The molecule has 0 saturated heterocycles. The molecule has 0 N–H and O–H groups in total. The molecule has 76 valence electrons. The first-order valence-electron chi connectivity index (χ1n) is 4.49. The summed E-state index contributed by atoms with van der Waals surface area (Å²) >= 11 is 1.46. The van der Waals surface area contributed by atoms with Gasteiger partial charge in [0, 0.05) is 4.70 Å². The Morgan fingerprint density at radius 2 is 2.27 bits per heavy atom. The van der Waals surface area contributed by atoms with Crippen LogP contribution >= 0.6 is 11.3 Å². The number of thiophene rings is 1. The number of hydrogen-bond acceptors (Lipinski definition) is 3. The summed E-state index contributed by atoms with van der Waals surface area (Å²) < 4.78 is 6.18. The minimum atomic E-state index is -0.0323. The van der Waals surface area contributed by atoms with E-state index < -0.39 is 0 Å². The highest BCUT2D eigenvalue weighted by Crippen LogP contribution is 2.29. The average molecular weight is 218 g/mol. The zero-order chi connectivity index (χ0) is 10.8. The van der Waals surface area contributed by atoms with Gasteiger partial charge in [-0.15, -0.1) is 11.3 Å². The van der Waals surface area contributed by atoms with Crippen LogP contribution in [-0.4, -0.2) is 12.9 Å². The summed E-state index contributed by atoms with van der Waals surface area (Å²) in [4.78, 5) is 12.1. The molecule has 0 spiro atoms. The minimum absolute atomic E-state index is 0.0323. The van der Waals surface area contributed by atoms with E-state index >= 15 is 0 Å². The number of carbonyl (C=O) groups is 1. The Kier molecular flexibility index (Phi) is 2.56. The molecule has 0 unspecified atom stereocenters. The molecule has 0 aliphatic carbocycles. The van der Waals surface area contributed by atoms with Crippen LogP contribution in [-0.2, 0) is 0 Å². The molecular weight excluding hydrogens is 208 g/mol. The number of allylic oxidation sites excluding steroid dienone is 1. The van der Waals surface area contributed by atoms with Gasteiger partial charge in [-0.05, 0) is 35.7 Å². The second-order valence-corrected chi connectivity index (χ2v) is 4.17. The molecule has 0 saturated carbocycles. The summed E-state index contributed by atoms with van der Waals surface area (Å²) in [5.41, 5.74) is 0. The molecule has 2 aromatic rings. The van der Waals surface area contributed by atoms with Crippen molar-refractivity contribution in [2.45, 2.75) is 0 Å². The number of methoxy groups -OCH3 is 1. The molecule has 1 aromatic carbocycles. The fourth-order valence-electron chi connectivity index (χ4n) is 1.36. The van der Waals surface area contributed by atoms with E-state index in [2.05, 4.69) is 6.58 Å². The number of rotatable bonds is 3. The third-order valence-corrected chi connectivity index (χ3v) is 3.27. The van der Waals surface area contributed by atoms with E-state index in [0.29, 0.717) is 4.88 Å². The zero-order valence-electron chi connectivity index (χ0n) is 8.32. The van der Waals surface area contributed by atoms with Crippen LogP contribution in [0.5, 0.6) is 5.75 Å². The van der Waals surface area contributed by atoms with Crippen LogP contribution in [0.4, 0.5) is 0 Å². The highest BCUT2D eigenvalue weighted by Gasteiger charge is 2.07. The molecule has 0 amide bonds. The zero-order valence-corrected chi connectivity index (χ0v) is 9.14. The summed E-state index contributed by atoms with van der Waals surface area (Å²) in [7, 11) is 1.63. The predicted octanol–water partition coefficient (Wildman–Crippen LogP) is 3.28. The molecule has 0 aliphatic heterocycles. The fourth-order valence-corrected chi connectivity index (χ4v) is 2.39. The molecular formula is C12H10O2S. The normalized spacial score (nSPS) is 10.2. The van der Waals surface area contributed by atoms with Crippen LogP contribution in [0.3, 0.4) is 0 Å². The van der Waals surface area contributed by atoms with Gasteiger partial charge in [0.2, 0.25) is 0 Å². The van der Waals surface area contributed by atoms with Crippen molar-refractivity contribution < 1.29 is 9.53 Å². The third kappa shape index (κ3) is 1.78. The van der Waals surface area contributed by atoms with E-state index in [1.54, 1.807) is 7.11 Å². The van der Waals surface area contributed by atoms with Crippen molar-refractivity contribution in [3.8, 4) is 5.75 Å². The summed E-state index contributed by atoms with van der Waals surface area (Å²) in [5.74, 6) is 0.775. The van der Waals surface area contributed by atoms with E-state index in [1.165, 1.54) is 17.4 Å². The van der Waals surface area contributed by atoms with Crippen LogP contribution in [0.2, 0.25) is 0 Å². The van der Waals surface area contributed by atoms with Crippen LogP contribution in [0, 0.1) is 0 Å². The minimum Gasteiger partial charge on any atom is -0.497 e. The quantitative estimate of drug-likeness (QED) is 0.583. The standard InChI is InChI=1S/C12H10O2S/c1-3-10(13)12-6-8-4-5-9(14-2)7-11(8)15-12/h3-7H,1H2,2H3. The summed E-state index contributed by atoms with van der Waals surface area (Å²) in [6.07, 6.45) is 1.34. The molecule has 0 radical (unpaired) electrons. The first-order valence-corrected chi connectivity index (χ1v) is 5.30. The topological polar surface area (TPSA) is 26.3 Å². The predicted molar refractivity (Wildman–Crippen MR) is 62.9 cm³/mol. The van der Waals surface area contributed by atoms with Crippen molar-refractivity contribution in [2.75, 3.05) is 7.11 Å². The van der Waals surface area contributed by atoms with Gasteiger partial charge in [-0.2, -0.15) is 0 Å². The highest BCUT2D eigenvalue weighted by molar-refractivity contribution is 7.21. The van der Waals surface area contributed by atoms with Gasteiger partial charge < -0.3 is 4.74 Å². The van der Waals surface area contributed by atoms with E-state index in [4.69, 9.17) is 4.74 Å². The van der Waals surface area contributed by atoms with Gasteiger partial charge in [-0.3, -0.25) is 4.79 Å². The summed E-state index contributed by atoms with van der Waals surface area (Å²) in [6, 6.07) is 7.64. The highest BCUT2D eigenvalue weighted by atomic mass is 32.1. The largest absolute Gasteiger partial charge is 0.497 e. The number of benzene rings is 1. The van der Waals surface area contributed by atoms with Gasteiger partial charge in [-0.1, -0.05) is 6.58 Å². The van der Waals surface area contributed by atoms with Gasteiger partial charge in [-0.25, -0.2) is 0 Å². The van der Waals surface area contributed by atoms with Crippen molar-refractivity contribution in [1.82, 2.24) is 0 Å². The van der Waals surface area contributed by atoms with Crippen molar-refractivity contribution in [2.24, 2.45) is 0 Å². The van der Waals surface area contributed by atoms with E-state index in [0.717, 1.165) is 15.8 Å². The molecule has 3 heteroatoms. The first-order chi connectivity index (χ1) is 7.24. The lowest BCUT2D eigenvalue weighted by atomic mass is 10.2. The van der Waals surface area contributed by atoms with Crippen LogP contribution < -0.4 is 4.74 Å². The Morgan fingerprint density at radius 1 is 1.47 bits per heavy atom. The Hall–Kier alpha value is -1.61. The van der Waals surface area contributed by atoms with Crippen molar-refractivity contribution >= 4 is 27.2 Å². The monoisotopic (exact) mass is 218 g/mol. The Morgan fingerprint density at radius 3 is 2.93 bits per heavy atom. The Labute approximate surface area is 91.8 Å². The SMILES string of the molecule is C=CC(=O)c1cc2ccc(OC)cc2s1. The van der Waals surface area contributed by atoms with Crippen LogP contribution in [0.25, 0.3) is 10.1 Å². The second-order valence-electron chi connectivity index (χ2n) is 3.08. The van der Waals surface area contributed by atoms with Gasteiger partial charge in [0.25, 0.3) is 0 Å². The average Bonchev–Trinajstić information content (AvgIpc) is 2.70. The molecule has 2 rings (SSSR count). The van der Waals surface area contributed by atoms with Gasteiger partial charge >= 0.3 is 0 Å². The van der Waals surface area contributed by atoms with Crippen molar-refractivity contribution in [3.05, 3.63) is 41.8 Å². The van der Waals surface area contributed by atoms with Gasteiger partial charge in [0.1, 0.15) is 5.75 Å². The lowest BCUT2D eigenvalue weighted by molar-refractivity contribution is 0.105. The maximum absolute atomic E-state index is 11.4. The number of fused-ring (bicyclic) bond motifs is 1. The second kappa shape index (κ2) is 3.87. The molecule has 1 aromatic heterocycles. The number of carbonyl (C=O) groups excluding carboxylic acids is 1. The maximum Gasteiger partial charge on any atom is 0.195 e. The Bertz CT molecular complexity index is 525. The smallest absolute Gasteiger partial charge is 0.195 e. The molecule has 2 nitrogen and oxygen atoms in total. The first kappa shape index (κ1) is 9.93. The fraction of sp³-hybridized carbons (Fsp3) is 0.0833. The molecule has 0 atom stereocenters. The Balaban J connectivity index is 2.55. The molecule has 0 aliphatic rings. The van der Waals surface area contributed by atoms with Crippen molar-refractivity contribution in [3.63, 3.8) is 0 Å². The number of hydrogen-bond donors (Lipinski definition) is 0. The molecule has 1 heterocycles. The van der Waals surface area contributed by atoms with Crippen molar-refractivity contribution in [1.29, 1.82) is 0 Å². The van der Waals surface area contributed by atoms with Gasteiger partial charge in [0.05, 0.1) is 12.0 Å². The van der Waals surface area contributed by atoms with Gasteiger partial charge in [0.15, 0.2) is 5.78 Å². The lowest BCUT2D eigenvalue weighted by Gasteiger charge is -1.97. The summed E-state index contributed by atoms with van der Waals surface area (Å²) in [6.45, 7) is 3.47. The number of ketones is 1. The van der Waals surface area contributed by atoms with E-state index in [-0.39, 0.29) is 5.78 Å².